The van der Waals surface area contributed by atoms with Crippen LogP contribution in [0.15, 0.2) is 30.3 Å². The Bertz CT molecular complexity index is 1160. The predicted octanol–water partition coefficient (Wildman–Crippen LogP) is 3.29. The molecular weight excluding hydrogens is 386 g/mol. The Kier molecular flexibility index (Phi) is 3.64. The van der Waals surface area contributed by atoms with Crippen LogP contribution in [0, 0.1) is 23.2 Å². The molecule has 2 aromatic carbocycles. The molecular formula is C25H29N5O. The Morgan fingerprint density at radius 2 is 2.00 bits per heavy atom. The number of hydrogen-bond acceptors (Lipinski definition) is 4. The molecule has 2 saturated carbocycles. The van der Waals surface area contributed by atoms with Crippen LogP contribution in [0.25, 0.3) is 0 Å². The van der Waals surface area contributed by atoms with E-state index in [-0.39, 0.29) is 17.3 Å². The average Bonchev–Trinajstić information content (AvgIpc) is 3.46. The second-order valence-corrected chi connectivity index (χ2v) is 10.1. The maximum Gasteiger partial charge on any atom is 0.251 e. The van der Waals surface area contributed by atoms with Gasteiger partial charge in [-0.15, -0.1) is 0 Å². The maximum atomic E-state index is 12.4. The van der Waals surface area contributed by atoms with Crippen LogP contribution < -0.4 is 21.7 Å². The molecule has 2 bridgehead atoms. The molecule has 31 heavy (non-hydrogen) atoms. The highest BCUT2D eigenvalue weighted by Crippen LogP contribution is 2.67. The molecule has 1 amide bonds. The second-order valence-electron chi connectivity index (χ2n) is 10.1. The lowest BCUT2D eigenvalue weighted by Crippen LogP contribution is -2.54. The molecule has 0 saturated heterocycles. The van der Waals surface area contributed by atoms with Gasteiger partial charge >= 0.3 is 0 Å². The molecule has 2 aromatic rings. The van der Waals surface area contributed by atoms with Crippen molar-refractivity contribution in [3.05, 3.63) is 58.1 Å². The summed E-state index contributed by atoms with van der Waals surface area (Å²) < 4.78 is 0. The molecule has 2 unspecified atom stereocenters. The van der Waals surface area contributed by atoms with E-state index in [1.807, 2.05) is 12.1 Å². The van der Waals surface area contributed by atoms with E-state index in [1.165, 1.54) is 30.5 Å². The van der Waals surface area contributed by atoms with Crippen molar-refractivity contribution in [2.75, 3.05) is 17.7 Å². The Hall–Kier alpha value is -3.02. The normalized spacial score (nSPS) is 32.5. The summed E-state index contributed by atoms with van der Waals surface area (Å²) in [6.07, 6.45) is 3.80. The summed E-state index contributed by atoms with van der Waals surface area (Å²) in [6.45, 7) is 2.95. The SMILES string of the molecule is CN1c2cc3c(cc2[C@@H]2C4CCC(C4)[C@@H]2[C@@]1(C)c1ccc(N)c(C(=N)N)c1)C(=O)NC3. The number of nitrogens with one attached hydrogen (secondary N) is 2. The Morgan fingerprint density at radius 3 is 2.77 bits per heavy atom. The van der Waals surface area contributed by atoms with Gasteiger partial charge in [-0.1, -0.05) is 6.07 Å². The summed E-state index contributed by atoms with van der Waals surface area (Å²) >= 11 is 0. The quantitative estimate of drug-likeness (QED) is 0.343. The van der Waals surface area contributed by atoms with E-state index >= 15 is 0 Å². The fraction of sp³-hybridized carbons (Fsp3) is 0.440. The van der Waals surface area contributed by atoms with Crippen LogP contribution in [-0.2, 0) is 12.1 Å². The zero-order valence-corrected chi connectivity index (χ0v) is 18.0. The molecule has 2 heterocycles. The lowest BCUT2D eigenvalue weighted by molar-refractivity contribution is 0.0965. The fourth-order valence-electron chi connectivity index (χ4n) is 7.35. The molecule has 0 radical (unpaired) electrons. The van der Waals surface area contributed by atoms with Crippen molar-refractivity contribution in [1.82, 2.24) is 5.32 Å². The van der Waals surface area contributed by atoms with Gasteiger partial charge in [-0.2, -0.15) is 0 Å². The first-order valence-corrected chi connectivity index (χ1v) is 11.2. The van der Waals surface area contributed by atoms with Crippen molar-refractivity contribution >= 4 is 23.1 Å². The highest BCUT2D eigenvalue weighted by Gasteiger charge is 2.60. The zero-order valence-electron chi connectivity index (χ0n) is 18.0. The van der Waals surface area contributed by atoms with Gasteiger partial charge in [0.2, 0.25) is 0 Å². The largest absolute Gasteiger partial charge is 0.398 e. The van der Waals surface area contributed by atoms with Gasteiger partial charge in [-0.3, -0.25) is 10.2 Å². The third kappa shape index (κ3) is 2.28. The van der Waals surface area contributed by atoms with E-state index in [1.54, 1.807) is 0 Å². The minimum atomic E-state index is -0.236. The molecule has 2 fully saturated rings. The molecule has 0 spiro atoms. The van der Waals surface area contributed by atoms with Crippen LogP contribution in [0.1, 0.15) is 64.7 Å². The second kappa shape index (κ2) is 6.02. The van der Waals surface area contributed by atoms with E-state index in [2.05, 4.69) is 42.4 Å². The molecule has 2 aliphatic heterocycles. The first kappa shape index (κ1) is 18.7. The van der Waals surface area contributed by atoms with Gasteiger partial charge in [0.1, 0.15) is 5.84 Å². The molecule has 2 aliphatic carbocycles. The molecule has 160 valence electrons. The summed E-state index contributed by atoms with van der Waals surface area (Å²) in [5, 5.41) is 11.0. The number of hydrogen-bond donors (Lipinski definition) is 4. The molecule has 0 aromatic heterocycles. The maximum absolute atomic E-state index is 12.4. The summed E-state index contributed by atoms with van der Waals surface area (Å²) in [5.74, 6) is 2.30. The molecule has 6 rings (SSSR count). The number of carbonyl (C=O) groups excluding carboxylic acids is 1. The van der Waals surface area contributed by atoms with Gasteiger partial charge < -0.3 is 21.7 Å². The van der Waals surface area contributed by atoms with Gasteiger partial charge in [0.05, 0.1) is 5.54 Å². The number of nitrogens with zero attached hydrogens (tertiary/aromatic N) is 1. The van der Waals surface area contributed by atoms with E-state index in [9.17, 15) is 4.79 Å². The van der Waals surface area contributed by atoms with Crippen molar-refractivity contribution in [2.45, 2.75) is 44.2 Å². The van der Waals surface area contributed by atoms with E-state index in [0.717, 1.165) is 16.7 Å². The van der Waals surface area contributed by atoms with E-state index in [0.29, 0.717) is 41.5 Å². The van der Waals surface area contributed by atoms with Gasteiger partial charge in [-0.05, 0) is 90.8 Å². The monoisotopic (exact) mass is 415 g/mol. The Labute approximate surface area is 182 Å². The van der Waals surface area contributed by atoms with Crippen LogP contribution in [0.5, 0.6) is 0 Å². The number of anilines is 2. The number of rotatable bonds is 2. The topological polar surface area (TPSA) is 108 Å². The summed E-state index contributed by atoms with van der Waals surface area (Å²) in [6, 6.07) is 10.5. The zero-order chi connectivity index (χ0) is 21.7. The molecule has 6 nitrogen and oxygen atoms in total. The first-order chi connectivity index (χ1) is 14.8. The van der Waals surface area contributed by atoms with Crippen LogP contribution in [-0.4, -0.2) is 18.8 Å². The molecule has 6 heteroatoms. The van der Waals surface area contributed by atoms with Gasteiger partial charge in [0.15, 0.2) is 0 Å². The fourth-order valence-corrected chi connectivity index (χ4v) is 7.35. The number of nitrogens with two attached hydrogens (primary N) is 2. The standard InChI is InChI=1S/C25H29N5O/c1-25(15-5-6-19(26)17(9-15)23(27)28)22-13-4-3-12(7-13)21(22)18-10-16-14(11-29-24(16)31)8-20(18)30(25)2/h5-6,8-10,12-13,21-22H,3-4,7,11,26H2,1-2H3,(H3,27,28)(H,29,31)/t12?,13?,21-,22-,25+/m0/s1. The number of amides is 1. The predicted molar refractivity (Wildman–Crippen MR) is 122 cm³/mol. The number of carbonyl (C=O) groups is 1. The van der Waals surface area contributed by atoms with Crippen LogP contribution in [0.3, 0.4) is 0 Å². The van der Waals surface area contributed by atoms with Crippen LogP contribution in [0.2, 0.25) is 0 Å². The molecule has 6 N–H and O–H groups in total. The third-order valence-electron chi connectivity index (χ3n) is 8.85. The number of amidine groups is 1. The number of nitrogen functional groups attached to an aromatic ring is 2. The van der Waals surface area contributed by atoms with Gasteiger partial charge in [-0.25, -0.2) is 0 Å². The minimum absolute atomic E-state index is 0.00807. The third-order valence-corrected chi connectivity index (χ3v) is 8.85. The highest BCUT2D eigenvalue weighted by molar-refractivity contribution is 6.00. The smallest absolute Gasteiger partial charge is 0.251 e. The molecule has 5 atom stereocenters. The van der Waals surface area contributed by atoms with Gasteiger partial charge in [0, 0.05) is 36.1 Å². The van der Waals surface area contributed by atoms with Crippen molar-refractivity contribution in [1.29, 1.82) is 5.41 Å². The number of benzene rings is 2. The van der Waals surface area contributed by atoms with Crippen molar-refractivity contribution in [3.8, 4) is 0 Å². The van der Waals surface area contributed by atoms with Crippen LogP contribution in [0.4, 0.5) is 11.4 Å². The van der Waals surface area contributed by atoms with Crippen molar-refractivity contribution < 1.29 is 4.79 Å². The van der Waals surface area contributed by atoms with Crippen molar-refractivity contribution in [3.63, 3.8) is 0 Å². The van der Waals surface area contributed by atoms with Gasteiger partial charge in [0.25, 0.3) is 5.91 Å². The number of fused-ring (bicyclic) bond motifs is 8. The average molecular weight is 416 g/mol. The first-order valence-electron chi connectivity index (χ1n) is 11.2. The van der Waals surface area contributed by atoms with Crippen molar-refractivity contribution in [2.24, 2.45) is 23.5 Å². The molecule has 4 aliphatic rings. The lowest BCUT2D eigenvalue weighted by atomic mass is 9.60. The highest BCUT2D eigenvalue weighted by atomic mass is 16.1. The Balaban J connectivity index is 1.59. The summed E-state index contributed by atoms with van der Waals surface area (Å²) in [5.41, 5.74) is 18.6. The van der Waals surface area contributed by atoms with Crippen LogP contribution >= 0.6 is 0 Å². The van der Waals surface area contributed by atoms with E-state index in [4.69, 9.17) is 16.9 Å². The van der Waals surface area contributed by atoms with E-state index < -0.39 is 0 Å². The Morgan fingerprint density at radius 1 is 1.23 bits per heavy atom. The summed E-state index contributed by atoms with van der Waals surface area (Å²) in [7, 11) is 2.18. The lowest BCUT2D eigenvalue weighted by Gasteiger charge is -2.55. The summed E-state index contributed by atoms with van der Waals surface area (Å²) in [4.78, 5) is 14.8. The minimum Gasteiger partial charge on any atom is -0.398 e.